The van der Waals surface area contributed by atoms with Gasteiger partial charge in [0.2, 0.25) is 5.88 Å². The van der Waals surface area contributed by atoms with E-state index in [0.717, 1.165) is 16.9 Å². The van der Waals surface area contributed by atoms with Crippen molar-refractivity contribution >= 4 is 51.5 Å². The number of carbonyl (C=O) groups excluding carboxylic acids is 2. The lowest BCUT2D eigenvalue weighted by Gasteiger charge is -2.09. The summed E-state index contributed by atoms with van der Waals surface area (Å²) in [6.45, 7) is 3.71. The summed E-state index contributed by atoms with van der Waals surface area (Å²) >= 11 is 7.34. The monoisotopic (exact) mass is 461 g/mol. The number of esters is 1. The number of rotatable bonds is 8. The van der Waals surface area contributed by atoms with Gasteiger partial charge in [0.1, 0.15) is 23.1 Å². The van der Waals surface area contributed by atoms with E-state index in [1.54, 1.807) is 19.1 Å². The summed E-state index contributed by atoms with van der Waals surface area (Å²) in [7, 11) is 1.32. The first kappa shape index (κ1) is 22.4. The molecule has 0 unspecified atom stereocenters. The van der Waals surface area contributed by atoms with E-state index >= 15 is 0 Å². The second-order valence-corrected chi connectivity index (χ2v) is 7.79. The van der Waals surface area contributed by atoms with Gasteiger partial charge in [-0.3, -0.25) is 9.59 Å². The van der Waals surface area contributed by atoms with Crippen molar-refractivity contribution in [3.63, 3.8) is 0 Å². The molecule has 0 aliphatic heterocycles. The van der Waals surface area contributed by atoms with Crippen molar-refractivity contribution in [2.75, 3.05) is 24.4 Å². The molecule has 2 N–H and O–H groups in total. The molecule has 11 heteroatoms. The fourth-order valence-electron chi connectivity index (χ4n) is 2.53. The number of carbonyl (C=O) groups is 2. The fourth-order valence-corrected chi connectivity index (χ4v) is 3.52. The molecule has 2 heterocycles. The molecule has 0 spiro atoms. The zero-order chi connectivity index (χ0) is 22.4. The fraction of sp³-hybridized carbons (Fsp3) is 0.250. The van der Waals surface area contributed by atoms with Gasteiger partial charge in [-0.25, -0.2) is 9.97 Å². The summed E-state index contributed by atoms with van der Waals surface area (Å²) in [5, 5.41) is 6.79. The Bertz CT molecular complexity index is 1080. The number of benzene rings is 1. The van der Waals surface area contributed by atoms with Crippen LogP contribution >= 0.6 is 22.9 Å². The van der Waals surface area contributed by atoms with Crippen LogP contribution in [0, 0.1) is 13.8 Å². The number of hydrogen-bond donors (Lipinski definition) is 2. The molecular weight excluding hydrogens is 442 g/mol. The number of anilines is 3. The largest absolute Gasteiger partial charge is 0.477 e. The van der Waals surface area contributed by atoms with Gasteiger partial charge in [-0.15, -0.1) is 0 Å². The Morgan fingerprint density at radius 3 is 2.77 bits per heavy atom. The predicted molar refractivity (Wildman–Crippen MR) is 118 cm³/mol. The van der Waals surface area contributed by atoms with Crippen molar-refractivity contribution < 1.29 is 19.1 Å². The molecule has 9 nitrogen and oxygen atoms in total. The highest BCUT2D eigenvalue weighted by Crippen LogP contribution is 2.28. The minimum absolute atomic E-state index is 0.109. The van der Waals surface area contributed by atoms with Crippen molar-refractivity contribution in [1.82, 2.24) is 15.0 Å². The van der Waals surface area contributed by atoms with Gasteiger partial charge in [-0.2, -0.15) is 4.98 Å². The van der Waals surface area contributed by atoms with E-state index in [1.165, 1.54) is 13.3 Å². The molecule has 162 valence electrons. The van der Waals surface area contributed by atoms with Gasteiger partial charge in [-0.1, -0.05) is 35.1 Å². The van der Waals surface area contributed by atoms with E-state index in [4.69, 9.17) is 16.3 Å². The molecule has 3 aromatic rings. The van der Waals surface area contributed by atoms with E-state index in [2.05, 4.69) is 30.3 Å². The van der Waals surface area contributed by atoms with Crippen LogP contribution in [0.25, 0.3) is 0 Å². The van der Waals surface area contributed by atoms with Crippen LogP contribution in [0.2, 0.25) is 5.02 Å². The van der Waals surface area contributed by atoms with Crippen LogP contribution in [0.15, 0.2) is 30.5 Å². The summed E-state index contributed by atoms with van der Waals surface area (Å²) < 4.78 is 10.1. The zero-order valence-corrected chi connectivity index (χ0v) is 18.6. The highest BCUT2D eigenvalue weighted by Gasteiger charge is 2.15. The molecule has 0 aliphatic rings. The Labute approximate surface area is 187 Å². The number of thiazole rings is 1. The van der Waals surface area contributed by atoms with Gasteiger partial charge < -0.3 is 20.1 Å². The molecule has 1 aromatic carbocycles. The van der Waals surface area contributed by atoms with Crippen molar-refractivity contribution in [2.45, 2.75) is 20.3 Å². The summed E-state index contributed by atoms with van der Waals surface area (Å²) in [6, 6.07) is 6.98. The quantitative estimate of drug-likeness (QED) is 0.481. The van der Waals surface area contributed by atoms with Gasteiger partial charge in [0.05, 0.1) is 30.4 Å². The standard InChI is InChI=1S/C20H20ClN5O4S/c1-11-5-4-6-13(21)18(11)26-19(28)14-10-22-20(31-14)25-15-9-16(24-12(2)23-15)30-8-7-17(27)29-3/h4-6,9-10H,7-8H2,1-3H3,(H,26,28)(H,22,23,24,25). The summed E-state index contributed by atoms with van der Waals surface area (Å²) in [5.41, 5.74) is 1.43. The van der Waals surface area contributed by atoms with Gasteiger partial charge in [0.15, 0.2) is 5.13 Å². The minimum atomic E-state index is -0.371. The average molecular weight is 462 g/mol. The smallest absolute Gasteiger partial charge is 0.308 e. The van der Waals surface area contributed by atoms with Crippen LogP contribution < -0.4 is 15.4 Å². The number of nitrogens with zero attached hydrogens (tertiary/aromatic N) is 3. The molecule has 0 saturated carbocycles. The highest BCUT2D eigenvalue weighted by atomic mass is 35.5. The number of methoxy groups -OCH3 is 1. The van der Waals surface area contributed by atoms with Crippen molar-refractivity contribution in [1.29, 1.82) is 0 Å². The summed E-state index contributed by atoms with van der Waals surface area (Å²) in [4.78, 5) is 36.9. The van der Waals surface area contributed by atoms with Crippen LogP contribution in [0.3, 0.4) is 0 Å². The Balaban J connectivity index is 1.66. The maximum absolute atomic E-state index is 12.6. The van der Waals surface area contributed by atoms with E-state index in [-0.39, 0.29) is 24.9 Å². The third kappa shape index (κ3) is 6.12. The molecule has 0 fully saturated rings. The second-order valence-electron chi connectivity index (χ2n) is 6.35. The van der Waals surface area contributed by atoms with E-state index in [9.17, 15) is 9.59 Å². The number of nitrogens with one attached hydrogen (secondary N) is 2. The molecule has 0 bridgehead atoms. The van der Waals surface area contributed by atoms with Crippen LogP contribution in [-0.4, -0.2) is 40.5 Å². The maximum atomic E-state index is 12.6. The molecule has 1 amide bonds. The van der Waals surface area contributed by atoms with Crippen molar-refractivity contribution in [2.24, 2.45) is 0 Å². The maximum Gasteiger partial charge on any atom is 0.308 e. The van der Waals surface area contributed by atoms with Gasteiger partial charge >= 0.3 is 5.97 Å². The van der Waals surface area contributed by atoms with E-state index in [1.807, 2.05) is 19.1 Å². The average Bonchev–Trinajstić information content (AvgIpc) is 3.18. The number of hydrogen-bond acceptors (Lipinski definition) is 9. The SMILES string of the molecule is COC(=O)CCOc1cc(Nc2ncc(C(=O)Nc3c(C)cccc3Cl)s2)nc(C)n1. The lowest BCUT2D eigenvalue weighted by atomic mass is 10.2. The van der Waals surface area contributed by atoms with Gasteiger partial charge in [-0.05, 0) is 25.5 Å². The molecule has 0 aliphatic carbocycles. The van der Waals surface area contributed by atoms with Crippen molar-refractivity contribution in [3.8, 4) is 5.88 Å². The second kappa shape index (κ2) is 10.2. The molecule has 31 heavy (non-hydrogen) atoms. The summed E-state index contributed by atoms with van der Waals surface area (Å²) in [6.07, 6.45) is 1.58. The first-order chi connectivity index (χ1) is 14.9. The summed E-state index contributed by atoms with van der Waals surface area (Å²) in [5.74, 6) is 0.547. The topological polar surface area (TPSA) is 115 Å². The first-order valence-corrected chi connectivity index (χ1v) is 10.4. The molecule has 0 radical (unpaired) electrons. The van der Waals surface area contributed by atoms with Gasteiger partial charge in [0, 0.05) is 6.07 Å². The Morgan fingerprint density at radius 1 is 1.23 bits per heavy atom. The lowest BCUT2D eigenvalue weighted by Crippen LogP contribution is -2.11. The van der Waals surface area contributed by atoms with E-state index < -0.39 is 0 Å². The number of aromatic nitrogens is 3. The number of amides is 1. The van der Waals surface area contributed by atoms with E-state index in [0.29, 0.717) is 38.2 Å². The zero-order valence-electron chi connectivity index (χ0n) is 17.1. The van der Waals surface area contributed by atoms with Crippen LogP contribution in [0.1, 0.15) is 27.5 Å². The first-order valence-electron chi connectivity index (χ1n) is 9.20. The predicted octanol–water partition coefficient (Wildman–Crippen LogP) is 4.14. The Morgan fingerprint density at radius 2 is 2.03 bits per heavy atom. The van der Waals surface area contributed by atoms with Crippen LogP contribution in [-0.2, 0) is 9.53 Å². The Hall–Kier alpha value is -3.24. The number of halogens is 1. The molecular formula is C20H20ClN5O4S. The lowest BCUT2D eigenvalue weighted by molar-refractivity contribution is -0.141. The van der Waals surface area contributed by atoms with Crippen LogP contribution in [0.4, 0.5) is 16.6 Å². The minimum Gasteiger partial charge on any atom is -0.477 e. The van der Waals surface area contributed by atoms with Crippen LogP contribution in [0.5, 0.6) is 5.88 Å². The van der Waals surface area contributed by atoms with Crippen molar-refractivity contribution in [3.05, 3.63) is 51.7 Å². The molecule has 0 atom stereocenters. The third-order valence-electron chi connectivity index (χ3n) is 4.02. The Kier molecular flexibility index (Phi) is 7.37. The highest BCUT2D eigenvalue weighted by molar-refractivity contribution is 7.17. The van der Waals surface area contributed by atoms with Gasteiger partial charge in [0.25, 0.3) is 5.91 Å². The number of para-hydroxylation sites is 1. The third-order valence-corrected chi connectivity index (χ3v) is 5.25. The molecule has 0 saturated heterocycles. The molecule has 3 rings (SSSR count). The molecule has 2 aromatic heterocycles. The number of aryl methyl sites for hydroxylation is 2. The normalized spacial score (nSPS) is 10.5. The number of ether oxygens (including phenoxy) is 2.